The van der Waals surface area contributed by atoms with E-state index in [4.69, 9.17) is 0 Å². The molecule has 0 radical (unpaired) electrons. The molecule has 0 aliphatic heterocycles. The van der Waals surface area contributed by atoms with Crippen molar-refractivity contribution >= 4 is 40.7 Å². The van der Waals surface area contributed by atoms with Crippen molar-refractivity contribution in [3.8, 4) is 0 Å². The molecule has 1 aliphatic rings. The lowest BCUT2D eigenvalue weighted by molar-refractivity contribution is 0.607. The Kier molecular flexibility index (Phi) is 8.88. The number of aliphatic imine (C=N–C) groups is 1. The molecule has 0 aromatic heterocycles. The van der Waals surface area contributed by atoms with Crippen molar-refractivity contribution in [1.82, 2.24) is 10.6 Å². The molecule has 1 unspecified atom stereocenters. The quantitative estimate of drug-likeness (QED) is 0.321. The van der Waals surface area contributed by atoms with Crippen molar-refractivity contribution in [3.05, 3.63) is 71.5 Å². The average Bonchev–Trinajstić information content (AvgIpc) is 3.46. The molecule has 1 fully saturated rings. The van der Waals surface area contributed by atoms with Gasteiger partial charge < -0.3 is 10.6 Å². The van der Waals surface area contributed by atoms with Gasteiger partial charge in [0.15, 0.2) is 5.96 Å². The fraction of sp³-hybridized carbons (Fsp3) is 0.381. The molecule has 1 saturated carbocycles. The second-order valence-corrected chi connectivity index (χ2v) is 8.49. The number of rotatable bonds is 8. The van der Waals surface area contributed by atoms with Gasteiger partial charge in [-0.25, -0.2) is 4.39 Å². The van der Waals surface area contributed by atoms with E-state index >= 15 is 0 Å². The number of nitrogens with one attached hydrogen (secondary N) is 2. The maximum atomic E-state index is 13.5. The van der Waals surface area contributed by atoms with Gasteiger partial charge in [-0.3, -0.25) is 9.20 Å². The van der Waals surface area contributed by atoms with Gasteiger partial charge in [0.1, 0.15) is 5.82 Å². The number of hydrogen-bond acceptors (Lipinski definition) is 2. The van der Waals surface area contributed by atoms with Crippen LogP contribution in [0.2, 0.25) is 0 Å². The zero-order valence-corrected chi connectivity index (χ0v) is 19.1. The van der Waals surface area contributed by atoms with Crippen molar-refractivity contribution in [1.29, 1.82) is 0 Å². The molecule has 152 valence electrons. The summed E-state index contributed by atoms with van der Waals surface area (Å²) in [4.78, 5) is 4.23. The first kappa shape index (κ1) is 22.8. The SMILES string of the molecule is CN=C(NCCS(=O)Cc1ccccc1)NCC1(c2cccc(F)c2)CC1.I. The van der Waals surface area contributed by atoms with Crippen LogP contribution in [0.5, 0.6) is 0 Å². The van der Waals surface area contributed by atoms with E-state index in [9.17, 15) is 8.60 Å². The van der Waals surface area contributed by atoms with E-state index in [2.05, 4.69) is 15.6 Å². The molecule has 2 aromatic carbocycles. The van der Waals surface area contributed by atoms with Gasteiger partial charge in [-0.1, -0.05) is 42.5 Å². The van der Waals surface area contributed by atoms with Gasteiger partial charge in [-0.15, -0.1) is 24.0 Å². The monoisotopic (exact) mass is 515 g/mol. The second-order valence-electron chi connectivity index (χ2n) is 6.92. The van der Waals surface area contributed by atoms with Crippen LogP contribution in [-0.4, -0.2) is 36.1 Å². The van der Waals surface area contributed by atoms with E-state index in [0.717, 1.165) is 24.0 Å². The molecule has 1 aliphatic carbocycles. The van der Waals surface area contributed by atoms with Gasteiger partial charge in [0, 0.05) is 47.9 Å². The standard InChI is InChI=1S/C21H26FN3OS.HI/c1-23-20(24-12-13-27(26)15-17-6-3-2-4-7-17)25-16-21(10-11-21)18-8-5-9-19(22)14-18;/h2-9,14H,10-13,15-16H2,1H3,(H2,23,24,25);1H. The Balaban J connectivity index is 0.00000280. The molecular weight excluding hydrogens is 488 g/mol. The first-order chi connectivity index (χ1) is 13.1. The molecule has 0 bridgehead atoms. The Hall–Kier alpha value is -1.48. The van der Waals surface area contributed by atoms with Crippen LogP contribution in [0.15, 0.2) is 59.6 Å². The van der Waals surface area contributed by atoms with Gasteiger partial charge in [-0.05, 0) is 36.1 Å². The summed E-state index contributed by atoms with van der Waals surface area (Å²) in [5.41, 5.74) is 2.12. The zero-order valence-electron chi connectivity index (χ0n) is 16.0. The van der Waals surface area contributed by atoms with Crippen LogP contribution in [0.1, 0.15) is 24.0 Å². The summed E-state index contributed by atoms with van der Waals surface area (Å²) < 4.78 is 25.7. The Morgan fingerprint density at radius 2 is 1.89 bits per heavy atom. The predicted molar refractivity (Wildman–Crippen MR) is 125 cm³/mol. The summed E-state index contributed by atoms with van der Waals surface area (Å²) in [5.74, 6) is 1.62. The molecule has 4 nitrogen and oxygen atoms in total. The van der Waals surface area contributed by atoms with Crippen molar-refractivity contribution in [2.75, 3.05) is 25.9 Å². The van der Waals surface area contributed by atoms with Gasteiger partial charge in [-0.2, -0.15) is 0 Å². The molecule has 0 saturated heterocycles. The number of nitrogens with zero attached hydrogens (tertiary/aromatic N) is 1. The number of halogens is 2. The van der Waals surface area contributed by atoms with E-state index in [1.165, 1.54) is 6.07 Å². The Bertz CT molecular complexity index is 812. The molecule has 1 atom stereocenters. The molecule has 28 heavy (non-hydrogen) atoms. The van der Waals surface area contributed by atoms with E-state index < -0.39 is 10.8 Å². The molecule has 3 rings (SSSR count). The summed E-state index contributed by atoms with van der Waals surface area (Å²) in [5, 5.41) is 6.55. The molecule has 0 spiro atoms. The van der Waals surface area contributed by atoms with Crippen LogP contribution in [0.4, 0.5) is 4.39 Å². The Morgan fingerprint density at radius 3 is 2.54 bits per heavy atom. The van der Waals surface area contributed by atoms with Crippen LogP contribution in [0.25, 0.3) is 0 Å². The summed E-state index contributed by atoms with van der Waals surface area (Å²) in [6, 6.07) is 16.7. The van der Waals surface area contributed by atoms with Crippen LogP contribution >= 0.6 is 24.0 Å². The first-order valence-electron chi connectivity index (χ1n) is 9.21. The number of guanidine groups is 1. The highest BCUT2D eigenvalue weighted by atomic mass is 127. The highest BCUT2D eigenvalue weighted by Gasteiger charge is 2.44. The smallest absolute Gasteiger partial charge is 0.191 e. The summed E-state index contributed by atoms with van der Waals surface area (Å²) in [6.45, 7) is 1.30. The van der Waals surface area contributed by atoms with Gasteiger partial charge in [0.2, 0.25) is 0 Å². The van der Waals surface area contributed by atoms with E-state index in [1.54, 1.807) is 19.2 Å². The predicted octanol–water partition coefficient (Wildman–Crippen LogP) is 3.59. The maximum absolute atomic E-state index is 13.5. The number of hydrogen-bond donors (Lipinski definition) is 2. The largest absolute Gasteiger partial charge is 0.356 e. The zero-order chi connectivity index (χ0) is 19.1. The lowest BCUT2D eigenvalue weighted by Crippen LogP contribution is -2.42. The van der Waals surface area contributed by atoms with Crippen molar-refractivity contribution in [3.63, 3.8) is 0 Å². The fourth-order valence-corrected chi connectivity index (χ4v) is 4.16. The second kappa shape index (κ2) is 10.9. The van der Waals surface area contributed by atoms with E-state index in [0.29, 0.717) is 30.6 Å². The maximum Gasteiger partial charge on any atom is 0.191 e. The van der Waals surface area contributed by atoms with Crippen LogP contribution < -0.4 is 10.6 Å². The third kappa shape index (κ3) is 6.55. The first-order valence-corrected chi connectivity index (χ1v) is 10.7. The third-order valence-electron chi connectivity index (χ3n) is 4.90. The van der Waals surface area contributed by atoms with E-state index in [-0.39, 0.29) is 35.2 Å². The van der Waals surface area contributed by atoms with Crippen molar-refractivity contribution in [2.45, 2.75) is 24.0 Å². The normalized spacial score (nSPS) is 16.0. The van der Waals surface area contributed by atoms with Gasteiger partial charge in [0.25, 0.3) is 0 Å². The lowest BCUT2D eigenvalue weighted by Gasteiger charge is -2.19. The number of benzene rings is 2. The lowest BCUT2D eigenvalue weighted by atomic mass is 9.96. The molecule has 7 heteroatoms. The summed E-state index contributed by atoms with van der Waals surface area (Å²) in [6.07, 6.45) is 2.09. The molecule has 2 N–H and O–H groups in total. The summed E-state index contributed by atoms with van der Waals surface area (Å²) >= 11 is 0. The Labute approximate surface area is 185 Å². The minimum atomic E-state index is -0.917. The molecule has 0 amide bonds. The minimum absolute atomic E-state index is 0. The van der Waals surface area contributed by atoms with Gasteiger partial charge >= 0.3 is 0 Å². The fourth-order valence-electron chi connectivity index (χ4n) is 3.13. The van der Waals surface area contributed by atoms with Crippen molar-refractivity contribution < 1.29 is 8.60 Å². The molecule has 0 heterocycles. The Morgan fingerprint density at radius 1 is 1.14 bits per heavy atom. The highest BCUT2D eigenvalue weighted by molar-refractivity contribution is 14.0. The third-order valence-corrected chi connectivity index (χ3v) is 6.22. The van der Waals surface area contributed by atoms with Crippen molar-refractivity contribution in [2.24, 2.45) is 4.99 Å². The minimum Gasteiger partial charge on any atom is -0.356 e. The van der Waals surface area contributed by atoms with Crippen LogP contribution in [-0.2, 0) is 22.0 Å². The summed E-state index contributed by atoms with van der Waals surface area (Å²) in [7, 11) is 0.803. The molecule has 2 aromatic rings. The average molecular weight is 515 g/mol. The topological polar surface area (TPSA) is 53.5 Å². The highest BCUT2D eigenvalue weighted by Crippen LogP contribution is 2.47. The van der Waals surface area contributed by atoms with Gasteiger partial charge in [0.05, 0.1) is 0 Å². The van der Waals surface area contributed by atoms with E-state index in [1.807, 2.05) is 36.4 Å². The van der Waals surface area contributed by atoms with Crippen LogP contribution in [0, 0.1) is 5.82 Å². The van der Waals surface area contributed by atoms with Crippen LogP contribution in [0.3, 0.4) is 0 Å². The molecular formula is C21H27FIN3OS.